The summed E-state index contributed by atoms with van der Waals surface area (Å²) in [6.45, 7) is 0.373. The molecular formula is C13H17NO3S. The fourth-order valence-electron chi connectivity index (χ4n) is 2.08. The van der Waals surface area contributed by atoms with Gasteiger partial charge in [-0.15, -0.1) is 0 Å². The molecule has 1 saturated heterocycles. The Labute approximate surface area is 112 Å². The summed E-state index contributed by atoms with van der Waals surface area (Å²) in [6, 6.07) is 9.66. The van der Waals surface area contributed by atoms with Crippen LogP contribution in [0.4, 0.5) is 0 Å². The Hall–Kier alpha value is -1.04. The Morgan fingerprint density at radius 3 is 2.39 bits per heavy atom. The van der Waals surface area contributed by atoms with E-state index in [9.17, 15) is 15.0 Å². The smallest absolute Gasteiger partial charge is 0.235 e. The first-order valence-corrected chi connectivity index (χ1v) is 6.46. The summed E-state index contributed by atoms with van der Waals surface area (Å²) in [5.41, 5.74) is 1.05. The van der Waals surface area contributed by atoms with E-state index >= 15 is 0 Å². The summed E-state index contributed by atoms with van der Waals surface area (Å²) in [6.07, 6.45) is -1.14. The van der Waals surface area contributed by atoms with Gasteiger partial charge in [0.2, 0.25) is 5.91 Å². The van der Waals surface area contributed by atoms with Crippen LogP contribution in [-0.2, 0) is 11.2 Å². The molecule has 1 aromatic rings. The van der Waals surface area contributed by atoms with E-state index in [1.54, 1.807) is 0 Å². The van der Waals surface area contributed by atoms with Crippen LogP contribution in [-0.4, -0.2) is 51.6 Å². The lowest BCUT2D eigenvalue weighted by Crippen LogP contribution is -2.37. The molecule has 2 rings (SSSR count). The maximum Gasteiger partial charge on any atom is 0.235 e. The Balaban J connectivity index is 1.93. The van der Waals surface area contributed by atoms with Crippen molar-refractivity contribution in [2.24, 2.45) is 0 Å². The summed E-state index contributed by atoms with van der Waals surface area (Å²) in [4.78, 5) is 13.5. The minimum absolute atomic E-state index is 0.141. The number of amides is 1. The number of rotatable bonds is 3. The molecule has 0 radical (unpaired) electrons. The van der Waals surface area contributed by atoms with Crippen molar-refractivity contribution in [2.45, 2.75) is 23.9 Å². The van der Waals surface area contributed by atoms with Gasteiger partial charge < -0.3 is 15.1 Å². The molecule has 1 heterocycles. The zero-order chi connectivity index (χ0) is 13.1. The van der Waals surface area contributed by atoms with Crippen LogP contribution in [0.1, 0.15) is 5.56 Å². The van der Waals surface area contributed by atoms with E-state index in [4.69, 9.17) is 0 Å². The third-order valence-corrected chi connectivity index (χ3v) is 3.53. The third kappa shape index (κ3) is 3.04. The first kappa shape index (κ1) is 13.4. The fourth-order valence-corrected chi connectivity index (χ4v) is 2.46. The second kappa shape index (κ2) is 5.73. The van der Waals surface area contributed by atoms with Gasteiger partial charge in [-0.2, -0.15) is 12.6 Å². The Bertz CT molecular complexity index is 402. The predicted molar refractivity (Wildman–Crippen MR) is 71.5 cm³/mol. The lowest BCUT2D eigenvalue weighted by molar-refractivity contribution is -0.130. The number of nitrogens with zero attached hydrogens (tertiary/aromatic N) is 1. The summed E-state index contributed by atoms with van der Waals surface area (Å²) >= 11 is 4.32. The van der Waals surface area contributed by atoms with Crippen molar-refractivity contribution in [3.63, 3.8) is 0 Å². The highest BCUT2D eigenvalue weighted by Crippen LogP contribution is 2.16. The van der Waals surface area contributed by atoms with Crippen LogP contribution in [0.25, 0.3) is 0 Å². The van der Waals surface area contributed by atoms with E-state index in [0.717, 1.165) is 5.56 Å². The molecule has 1 amide bonds. The highest BCUT2D eigenvalue weighted by Gasteiger charge is 2.34. The van der Waals surface area contributed by atoms with E-state index in [2.05, 4.69) is 12.6 Å². The predicted octanol–water partition coefficient (Wildman–Crippen LogP) is 0.0915. The summed E-state index contributed by atoms with van der Waals surface area (Å²) in [5, 5.41) is 18.4. The number of likely N-dealkylation sites (tertiary alicyclic amines) is 1. The van der Waals surface area contributed by atoms with Gasteiger partial charge in [-0.25, -0.2) is 0 Å². The molecule has 3 unspecified atom stereocenters. The number of carbonyl (C=O) groups excluding carboxylic acids is 1. The average Bonchev–Trinajstić information content (AvgIpc) is 2.70. The zero-order valence-corrected chi connectivity index (χ0v) is 10.8. The van der Waals surface area contributed by atoms with Crippen molar-refractivity contribution in [2.75, 3.05) is 13.1 Å². The molecule has 1 fully saturated rings. The molecule has 18 heavy (non-hydrogen) atoms. The van der Waals surface area contributed by atoms with Gasteiger partial charge in [-0.05, 0) is 12.0 Å². The van der Waals surface area contributed by atoms with Crippen LogP contribution in [0.3, 0.4) is 0 Å². The molecule has 0 saturated carbocycles. The lowest BCUT2D eigenvalue weighted by Gasteiger charge is -2.19. The number of hydrogen-bond donors (Lipinski definition) is 3. The Kier molecular flexibility index (Phi) is 4.27. The van der Waals surface area contributed by atoms with Gasteiger partial charge >= 0.3 is 0 Å². The number of carbonyl (C=O) groups is 1. The second-order valence-corrected chi connectivity index (χ2v) is 5.21. The Morgan fingerprint density at radius 1 is 1.28 bits per heavy atom. The van der Waals surface area contributed by atoms with Gasteiger partial charge in [0.05, 0.1) is 17.5 Å². The van der Waals surface area contributed by atoms with Crippen LogP contribution in [0.5, 0.6) is 0 Å². The van der Waals surface area contributed by atoms with Crippen molar-refractivity contribution < 1.29 is 15.0 Å². The molecule has 0 spiro atoms. The molecule has 3 atom stereocenters. The molecule has 1 aliphatic rings. The van der Waals surface area contributed by atoms with E-state index in [0.29, 0.717) is 6.42 Å². The minimum atomic E-state index is -0.841. The van der Waals surface area contributed by atoms with Crippen molar-refractivity contribution >= 4 is 18.5 Å². The number of aliphatic hydroxyl groups excluding tert-OH is 2. The molecule has 2 N–H and O–H groups in total. The van der Waals surface area contributed by atoms with E-state index in [1.165, 1.54) is 4.90 Å². The van der Waals surface area contributed by atoms with Gasteiger partial charge in [0.25, 0.3) is 0 Å². The monoisotopic (exact) mass is 267 g/mol. The van der Waals surface area contributed by atoms with Crippen LogP contribution < -0.4 is 0 Å². The van der Waals surface area contributed by atoms with E-state index in [-0.39, 0.29) is 19.0 Å². The lowest BCUT2D eigenvalue weighted by atomic mass is 10.1. The van der Waals surface area contributed by atoms with Crippen molar-refractivity contribution in [1.29, 1.82) is 0 Å². The van der Waals surface area contributed by atoms with Gasteiger partial charge in [0.1, 0.15) is 0 Å². The van der Waals surface area contributed by atoms with Crippen molar-refractivity contribution in [3.8, 4) is 0 Å². The normalized spacial score (nSPS) is 25.2. The molecule has 0 aromatic heterocycles. The second-order valence-electron chi connectivity index (χ2n) is 4.58. The average molecular weight is 267 g/mol. The molecule has 1 aliphatic heterocycles. The topological polar surface area (TPSA) is 60.8 Å². The van der Waals surface area contributed by atoms with Gasteiger partial charge in [-0.3, -0.25) is 4.79 Å². The zero-order valence-electron chi connectivity index (χ0n) is 9.94. The van der Waals surface area contributed by atoms with E-state index < -0.39 is 17.5 Å². The molecule has 0 aliphatic carbocycles. The maximum absolute atomic E-state index is 12.1. The summed E-state index contributed by atoms with van der Waals surface area (Å²) < 4.78 is 0. The highest BCUT2D eigenvalue weighted by atomic mass is 32.1. The molecule has 5 heteroatoms. The van der Waals surface area contributed by atoms with Crippen LogP contribution >= 0.6 is 12.6 Å². The number of thiol groups is 1. The molecule has 1 aromatic carbocycles. The first-order chi connectivity index (χ1) is 8.58. The Morgan fingerprint density at radius 2 is 1.83 bits per heavy atom. The molecule has 0 bridgehead atoms. The summed E-state index contributed by atoms with van der Waals surface area (Å²) in [5.74, 6) is -0.141. The van der Waals surface area contributed by atoms with Crippen LogP contribution in [0, 0.1) is 0 Å². The maximum atomic E-state index is 12.1. The fraction of sp³-hybridized carbons (Fsp3) is 0.462. The van der Waals surface area contributed by atoms with E-state index in [1.807, 2.05) is 30.3 Å². The van der Waals surface area contributed by atoms with Crippen molar-refractivity contribution in [1.82, 2.24) is 4.90 Å². The summed E-state index contributed by atoms with van der Waals surface area (Å²) in [7, 11) is 0. The van der Waals surface area contributed by atoms with Crippen molar-refractivity contribution in [3.05, 3.63) is 35.9 Å². The largest absolute Gasteiger partial charge is 0.388 e. The molecular weight excluding hydrogens is 250 g/mol. The number of hydrogen-bond acceptors (Lipinski definition) is 4. The molecule has 4 nitrogen and oxygen atoms in total. The minimum Gasteiger partial charge on any atom is -0.388 e. The number of benzene rings is 1. The van der Waals surface area contributed by atoms with Gasteiger partial charge in [0, 0.05) is 13.1 Å². The quantitative estimate of drug-likeness (QED) is 0.680. The third-order valence-electron chi connectivity index (χ3n) is 3.13. The standard InChI is InChI=1S/C13H17NO3S/c15-10-7-14(8-11(10)16)13(17)12(18)6-9-4-2-1-3-5-9/h1-5,10-12,15-16,18H,6-8H2. The molecule has 98 valence electrons. The van der Waals surface area contributed by atoms with Crippen LogP contribution in [0.2, 0.25) is 0 Å². The number of β-amino-alcohol motifs (C(OH)–C–C–N with tert-alkyl or cyclic N) is 2. The first-order valence-electron chi connectivity index (χ1n) is 5.95. The number of aliphatic hydroxyl groups is 2. The highest BCUT2D eigenvalue weighted by molar-refractivity contribution is 7.81. The SMILES string of the molecule is O=C(C(S)Cc1ccccc1)N1CC(O)C(O)C1. The van der Waals surface area contributed by atoms with Gasteiger partial charge in [0.15, 0.2) is 0 Å². The van der Waals surface area contributed by atoms with Gasteiger partial charge in [-0.1, -0.05) is 30.3 Å². The van der Waals surface area contributed by atoms with Crippen LogP contribution in [0.15, 0.2) is 30.3 Å².